The van der Waals surface area contributed by atoms with Gasteiger partial charge in [-0.05, 0) is 37.1 Å². The minimum atomic E-state index is -0.139. The lowest BCUT2D eigenvalue weighted by Gasteiger charge is -2.07. The third-order valence-electron chi connectivity index (χ3n) is 3.78. The molecule has 2 aromatic carbocycles. The summed E-state index contributed by atoms with van der Waals surface area (Å²) >= 11 is 0. The summed E-state index contributed by atoms with van der Waals surface area (Å²) in [6.07, 6.45) is 3.95. The van der Waals surface area contributed by atoms with Crippen molar-refractivity contribution in [3.63, 3.8) is 0 Å². The van der Waals surface area contributed by atoms with Crippen LogP contribution in [-0.4, -0.2) is 20.1 Å². The number of nitrogens with zero attached hydrogens (tertiary/aromatic N) is 3. The van der Waals surface area contributed by atoms with Crippen molar-refractivity contribution in [2.75, 3.05) is 0 Å². The van der Waals surface area contributed by atoms with E-state index >= 15 is 0 Å². The second-order valence-corrected chi connectivity index (χ2v) is 5.52. The molecule has 4 heteroatoms. The second-order valence-electron chi connectivity index (χ2n) is 5.52. The molecule has 1 N–H and O–H groups in total. The van der Waals surface area contributed by atoms with Crippen LogP contribution in [0.2, 0.25) is 0 Å². The molecule has 3 rings (SSSR count). The van der Waals surface area contributed by atoms with Crippen LogP contribution in [0.4, 0.5) is 0 Å². The Morgan fingerprint density at radius 3 is 2.43 bits per heavy atom. The third kappa shape index (κ3) is 3.22. The highest BCUT2D eigenvalue weighted by molar-refractivity contribution is 5.70. The van der Waals surface area contributed by atoms with Crippen molar-refractivity contribution in [1.82, 2.24) is 15.0 Å². The topological polar surface area (TPSA) is 50.9 Å². The van der Waals surface area contributed by atoms with Crippen LogP contribution in [0.3, 0.4) is 0 Å². The maximum atomic E-state index is 9.53. The molecule has 0 unspecified atom stereocenters. The molecule has 4 nitrogen and oxygen atoms in total. The van der Waals surface area contributed by atoms with E-state index in [1.165, 1.54) is 5.56 Å². The summed E-state index contributed by atoms with van der Waals surface area (Å²) in [5, 5.41) is 17.8. The van der Waals surface area contributed by atoms with Crippen molar-refractivity contribution in [1.29, 1.82) is 0 Å². The van der Waals surface area contributed by atoms with Crippen LogP contribution in [0.1, 0.15) is 28.1 Å². The predicted octanol–water partition coefficient (Wildman–Crippen LogP) is 3.55. The maximum Gasteiger partial charge on any atom is 0.116 e. The summed E-state index contributed by atoms with van der Waals surface area (Å²) in [7, 11) is 0. The van der Waals surface area contributed by atoms with Gasteiger partial charge in [-0.3, -0.25) is 0 Å². The van der Waals surface area contributed by atoms with Gasteiger partial charge in [0.1, 0.15) is 5.69 Å². The van der Waals surface area contributed by atoms with Gasteiger partial charge in [0, 0.05) is 0 Å². The summed E-state index contributed by atoms with van der Waals surface area (Å²) < 4.78 is 1.77. The van der Waals surface area contributed by atoms with E-state index in [0.717, 1.165) is 22.5 Å². The molecule has 23 heavy (non-hydrogen) atoms. The van der Waals surface area contributed by atoms with Crippen LogP contribution < -0.4 is 0 Å². The van der Waals surface area contributed by atoms with Gasteiger partial charge in [0.05, 0.1) is 18.0 Å². The molecule has 1 heterocycles. The fourth-order valence-electron chi connectivity index (χ4n) is 2.43. The highest BCUT2D eigenvalue weighted by Gasteiger charge is 2.12. The highest BCUT2D eigenvalue weighted by Crippen LogP contribution is 2.19. The van der Waals surface area contributed by atoms with Gasteiger partial charge < -0.3 is 5.11 Å². The first kappa shape index (κ1) is 15.2. The molecule has 3 aromatic rings. The first-order chi connectivity index (χ1) is 11.2. The molecule has 0 atom stereocenters. The fraction of sp³-hybridized carbons (Fsp3) is 0.158. The fourth-order valence-corrected chi connectivity index (χ4v) is 2.43. The van der Waals surface area contributed by atoms with E-state index in [0.29, 0.717) is 5.69 Å². The lowest BCUT2D eigenvalue weighted by Crippen LogP contribution is -2.02. The third-order valence-corrected chi connectivity index (χ3v) is 3.78. The Labute approximate surface area is 135 Å². The van der Waals surface area contributed by atoms with E-state index in [4.69, 9.17) is 0 Å². The van der Waals surface area contributed by atoms with Crippen molar-refractivity contribution in [3.05, 3.63) is 76.6 Å². The molecule has 0 amide bonds. The summed E-state index contributed by atoms with van der Waals surface area (Å²) in [5.74, 6) is 0. The molecule has 116 valence electrons. The molecule has 1 aromatic heterocycles. The standard InChI is InChI=1S/C19H19N3O/c1-14-7-9-16(10-8-14)11-12-19-17(13-23)20-21-22(19)18-6-4-3-5-15(18)2/h3-12,23H,13H2,1-2H3/b12-11+. The summed E-state index contributed by atoms with van der Waals surface area (Å²) in [6, 6.07) is 16.3. The number of aromatic nitrogens is 3. The molecule has 0 aliphatic heterocycles. The Morgan fingerprint density at radius 2 is 1.74 bits per heavy atom. The molecule has 0 aliphatic rings. The van der Waals surface area contributed by atoms with Gasteiger partial charge in [-0.25, -0.2) is 4.68 Å². The van der Waals surface area contributed by atoms with E-state index in [9.17, 15) is 5.11 Å². The molecule has 0 aliphatic carbocycles. The second kappa shape index (κ2) is 6.58. The number of rotatable bonds is 4. The van der Waals surface area contributed by atoms with E-state index in [-0.39, 0.29) is 6.61 Å². The van der Waals surface area contributed by atoms with Crippen LogP contribution in [0, 0.1) is 13.8 Å². The molecule has 0 fully saturated rings. The molecular weight excluding hydrogens is 286 g/mol. The summed E-state index contributed by atoms with van der Waals surface area (Å²) in [6.45, 7) is 3.96. The minimum Gasteiger partial charge on any atom is -0.390 e. The number of hydrogen-bond donors (Lipinski definition) is 1. The van der Waals surface area contributed by atoms with Crippen LogP contribution in [0.15, 0.2) is 48.5 Å². The lowest BCUT2D eigenvalue weighted by molar-refractivity contribution is 0.276. The van der Waals surface area contributed by atoms with Crippen LogP contribution >= 0.6 is 0 Å². The van der Waals surface area contributed by atoms with Crippen molar-refractivity contribution >= 4 is 12.2 Å². The monoisotopic (exact) mass is 305 g/mol. The molecule has 0 saturated carbocycles. The quantitative estimate of drug-likeness (QED) is 0.802. The summed E-state index contributed by atoms with van der Waals surface area (Å²) in [5.41, 5.74) is 5.75. The van der Waals surface area contributed by atoms with Crippen molar-refractivity contribution in [2.45, 2.75) is 20.5 Å². The average molecular weight is 305 g/mol. The number of para-hydroxylation sites is 1. The van der Waals surface area contributed by atoms with Crippen LogP contribution in [0.5, 0.6) is 0 Å². The van der Waals surface area contributed by atoms with Crippen LogP contribution in [-0.2, 0) is 6.61 Å². The Balaban J connectivity index is 2.03. The van der Waals surface area contributed by atoms with Crippen molar-refractivity contribution < 1.29 is 5.11 Å². The van der Waals surface area contributed by atoms with E-state index < -0.39 is 0 Å². The average Bonchev–Trinajstić information content (AvgIpc) is 2.97. The first-order valence-corrected chi connectivity index (χ1v) is 7.55. The zero-order chi connectivity index (χ0) is 16.2. The van der Waals surface area contributed by atoms with Crippen molar-refractivity contribution in [2.24, 2.45) is 0 Å². The SMILES string of the molecule is Cc1ccc(/C=C/c2c(CO)nnn2-c2ccccc2C)cc1. The maximum absolute atomic E-state index is 9.53. The van der Waals surface area contributed by atoms with E-state index in [1.54, 1.807) is 4.68 Å². The van der Waals surface area contributed by atoms with Gasteiger partial charge in [-0.2, -0.15) is 0 Å². The Kier molecular flexibility index (Phi) is 4.35. The normalized spacial score (nSPS) is 11.3. The molecule has 0 radical (unpaired) electrons. The molecular formula is C19H19N3O. The Bertz CT molecular complexity index is 832. The predicted molar refractivity (Wildman–Crippen MR) is 92.1 cm³/mol. The number of aryl methyl sites for hydroxylation is 2. The van der Waals surface area contributed by atoms with Gasteiger partial charge in [-0.1, -0.05) is 59.3 Å². The molecule has 0 spiro atoms. The molecule has 0 saturated heterocycles. The minimum absolute atomic E-state index is 0.139. The smallest absolute Gasteiger partial charge is 0.116 e. The van der Waals surface area contributed by atoms with Gasteiger partial charge in [0.15, 0.2) is 0 Å². The number of aliphatic hydroxyl groups excluding tert-OH is 1. The largest absolute Gasteiger partial charge is 0.390 e. The Morgan fingerprint density at radius 1 is 1.00 bits per heavy atom. The highest BCUT2D eigenvalue weighted by atomic mass is 16.3. The van der Waals surface area contributed by atoms with Gasteiger partial charge in [0.25, 0.3) is 0 Å². The first-order valence-electron chi connectivity index (χ1n) is 7.55. The lowest BCUT2D eigenvalue weighted by atomic mass is 10.1. The van der Waals surface area contributed by atoms with Gasteiger partial charge in [-0.15, -0.1) is 5.10 Å². The van der Waals surface area contributed by atoms with Crippen LogP contribution in [0.25, 0.3) is 17.8 Å². The number of hydrogen-bond acceptors (Lipinski definition) is 3. The van der Waals surface area contributed by atoms with E-state index in [2.05, 4.69) is 41.5 Å². The Hall–Kier alpha value is -2.72. The zero-order valence-corrected chi connectivity index (χ0v) is 13.3. The van der Waals surface area contributed by atoms with E-state index in [1.807, 2.05) is 43.3 Å². The molecule has 0 bridgehead atoms. The van der Waals surface area contributed by atoms with Gasteiger partial charge >= 0.3 is 0 Å². The number of aliphatic hydroxyl groups is 1. The number of benzene rings is 2. The van der Waals surface area contributed by atoms with Crippen molar-refractivity contribution in [3.8, 4) is 5.69 Å². The van der Waals surface area contributed by atoms with Gasteiger partial charge in [0.2, 0.25) is 0 Å². The zero-order valence-electron chi connectivity index (χ0n) is 13.3. The summed E-state index contributed by atoms with van der Waals surface area (Å²) in [4.78, 5) is 0.